The van der Waals surface area contributed by atoms with Crippen LogP contribution in [-0.4, -0.2) is 25.0 Å². The van der Waals surface area contributed by atoms with Crippen molar-refractivity contribution in [2.75, 3.05) is 0 Å². The Morgan fingerprint density at radius 2 is 2.00 bits per heavy atom. The molecular formula is C16H15N5O. The molecule has 1 spiro atoms. The number of rotatable bonds is 0. The van der Waals surface area contributed by atoms with E-state index in [4.69, 9.17) is 0 Å². The minimum atomic E-state index is -0.0694. The molecule has 1 aromatic carbocycles. The molecule has 0 atom stereocenters. The van der Waals surface area contributed by atoms with Gasteiger partial charge in [0.15, 0.2) is 0 Å². The Morgan fingerprint density at radius 1 is 1.18 bits per heavy atom. The van der Waals surface area contributed by atoms with Crippen LogP contribution in [0.15, 0.2) is 29.1 Å². The largest absolute Gasteiger partial charge is 0.279 e. The van der Waals surface area contributed by atoms with Gasteiger partial charge in [-0.3, -0.25) is 4.79 Å². The summed E-state index contributed by atoms with van der Waals surface area (Å²) >= 11 is 0. The molecule has 1 saturated carbocycles. The minimum absolute atomic E-state index is 0.0404. The van der Waals surface area contributed by atoms with Crippen molar-refractivity contribution in [1.82, 2.24) is 25.0 Å². The van der Waals surface area contributed by atoms with Gasteiger partial charge in [0.2, 0.25) is 0 Å². The standard InChI is InChI=1S/C16H15N5O/c22-14-12-13(17-15-18-19-20-21(14)15)11-6-2-1-5-10(11)9-16(12)7-3-4-8-16/h1-2,5-6H,3-4,7-9H2,(H,17,18,20). The van der Waals surface area contributed by atoms with Gasteiger partial charge in [0.05, 0.1) is 11.3 Å². The van der Waals surface area contributed by atoms with Crippen molar-refractivity contribution < 1.29 is 0 Å². The highest BCUT2D eigenvalue weighted by molar-refractivity contribution is 5.72. The Bertz CT molecular complexity index is 949. The number of hydrogen-bond acceptors (Lipinski definition) is 4. The first kappa shape index (κ1) is 12.1. The molecular weight excluding hydrogens is 278 g/mol. The molecule has 1 fully saturated rings. The second-order valence-electron chi connectivity index (χ2n) is 6.40. The lowest BCUT2D eigenvalue weighted by Crippen LogP contribution is -2.38. The third kappa shape index (κ3) is 1.39. The number of fused-ring (bicyclic) bond motifs is 5. The van der Waals surface area contributed by atoms with Crippen molar-refractivity contribution in [3.8, 4) is 11.3 Å². The molecule has 0 unspecified atom stereocenters. The van der Waals surface area contributed by atoms with Gasteiger partial charge in [-0.2, -0.15) is 9.73 Å². The molecule has 0 radical (unpaired) electrons. The quantitative estimate of drug-likeness (QED) is 0.686. The summed E-state index contributed by atoms with van der Waals surface area (Å²) in [6.07, 6.45) is 5.38. The van der Waals surface area contributed by atoms with Crippen LogP contribution in [0.4, 0.5) is 0 Å². The minimum Gasteiger partial charge on any atom is -0.267 e. The molecule has 2 aliphatic carbocycles. The Balaban J connectivity index is 1.95. The first-order valence-corrected chi connectivity index (χ1v) is 7.71. The fourth-order valence-corrected chi connectivity index (χ4v) is 4.29. The molecule has 0 saturated heterocycles. The Labute approximate surface area is 126 Å². The highest BCUT2D eigenvalue weighted by Gasteiger charge is 2.44. The van der Waals surface area contributed by atoms with Gasteiger partial charge in [-0.25, -0.2) is 4.98 Å². The highest BCUT2D eigenvalue weighted by atomic mass is 16.1. The number of nitrogens with one attached hydrogen (secondary N) is 1. The van der Waals surface area contributed by atoms with Crippen LogP contribution in [0.1, 0.15) is 36.8 Å². The van der Waals surface area contributed by atoms with Crippen molar-refractivity contribution in [2.24, 2.45) is 0 Å². The maximum absolute atomic E-state index is 13.0. The van der Waals surface area contributed by atoms with E-state index in [0.29, 0.717) is 5.78 Å². The number of aromatic nitrogens is 5. The van der Waals surface area contributed by atoms with Crippen LogP contribution in [0.25, 0.3) is 17.0 Å². The Kier molecular flexibility index (Phi) is 2.21. The zero-order valence-corrected chi connectivity index (χ0v) is 12.0. The van der Waals surface area contributed by atoms with E-state index in [9.17, 15) is 4.79 Å². The molecule has 22 heavy (non-hydrogen) atoms. The average molecular weight is 293 g/mol. The SMILES string of the molecule is O=c1c2c(nc3nn[nH]n13)-c1ccccc1CC21CCCC1. The van der Waals surface area contributed by atoms with Crippen LogP contribution < -0.4 is 5.56 Å². The van der Waals surface area contributed by atoms with Crippen molar-refractivity contribution in [2.45, 2.75) is 37.5 Å². The predicted molar refractivity (Wildman–Crippen MR) is 80.7 cm³/mol. The molecule has 110 valence electrons. The van der Waals surface area contributed by atoms with E-state index >= 15 is 0 Å². The zero-order valence-electron chi connectivity index (χ0n) is 12.0. The van der Waals surface area contributed by atoms with Gasteiger partial charge in [-0.15, -0.1) is 0 Å². The predicted octanol–water partition coefficient (Wildman–Crippen LogP) is 1.85. The summed E-state index contributed by atoms with van der Waals surface area (Å²) in [6.45, 7) is 0. The molecule has 0 bridgehead atoms. The van der Waals surface area contributed by atoms with Gasteiger partial charge in [-0.1, -0.05) is 42.2 Å². The molecule has 2 aromatic heterocycles. The third-order valence-corrected chi connectivity index (χ3v) is 5.24. The first-order valence-electron chi connectivity index (χ1n) is 7.71. The van der Waals surface area contributed by atoms with E-state index in [0.717, 1.165) is 36.1 Å². The lowest BCUT2D eigenvalue weighted by molar-refractivity contribution is 0.425. The van der Waals surface area contributed by atoms with Crippen LogP contribution in [0.5, 0.6) is 0 Å². The molecule has 6 nitrogen and oxygen atoms in total. The number of tetrazole rings is 1. The van der Waals surface area contributed by atoms with Gasteiger partial charge in [0.1, 0.15) is 0 Å². The summed E-state index contributed by atoms with van der Waals surface area (Å²) in [7, 11) is 0. The maximum atomic E-state index is 13.0. The van der Waals surface area contributed by atoms with Gasteiger partial charge in [-0.05, 0) is 30.0 Å². The van der Waals surface area contributed by atoms with E-state index in [1.54, 1.807) is 0 Å². The summed E-state index contributed by atoms with van der Waals surface area (Å²) in [4.78, 5) is 17.7. The number of hydrogen-bond donors (Lipinski definition) is 1. The van der Waals surface area contributed by atoms with Crippen molar-refractivity contribution >= 4 is 5.78 Å². The normalized spacial score (nSPS) is 18.5. The van der Waals surface area contributed by atoms with Crippen molar-refractivity contribution in [3.63, 3.8) is 0 Å². The van der Waals surface area contributed by atoms with Crippen LogP contribution >= 0.6 is 0 Å². The highest BCUT2D eigenvalue weighted by Crippen LogP contribution is 2.49. The second-order valence-corrected chi connectivity index (χ2v) is 6.40. The Morgan fingerprint density at radius 3 is 2.86 bits per heavy atom. The molecule has 0 aliphatic heterocycles. The number of nitrogens with zero attached hydrogens (tertiary/aromatic N) is 4. The fourth-order valence-electron chi connectivity index (χ4n) is 4.29. The van der Waals surface area contributed by atoms with E-state index in [1.807, 2.05) is 6.07 Å². The van der Waals surface area contributed by atoms with Crippen LogP contribution in [0.3, 0.4) is 0 Å². The number of benzene rings is 1. The fraction of sp³-hybridized carbons (Fsp3) is 0.375. The topological polar surface area (TPSA) is 75.9 Å². The van der Waals surface area contributed by atoms with Crippen molar-refractivity contribution in [1.29, 1.82) is 0 Å². The summed E-state index contributed by atoms with van der Waals surface area (Å²) in [6, 6.07) is 8.28. The number of aromatic amines is 1. The van der Waals surface area contributed by atoms with Crippen molar-refractivity contribution in [3.05, 3.63) is 45.7 Å². The first-order chi connectivity index (χ1) is 10.8. The Hall–Kier alpha value is -2.50. The summed E-state index contributed by atoms with van der Waals surface area (Å²) in [5.41, 5.74) is 3.91. The molecule has 2 aliphatic rings. The third-order valence-electron chi connectivity index (χ3n) is 5.24. The van der Waals surface area contributed by atoms with Crippen LogP contribution in [0.2, 0.25) is 0 Å². The lowest BCUT2D eigenvalue weighted by Gasteiger charge is -2.35. The lowest BCUT2D eigenvalue weighted by atomic mass is 9.68. The average Bonchev–Trinajstić information content (AvgIpc) is 3.17. The second kappa shape index (κ2) is 4.03. The van der Waals surface area contributed by atoms with Gasteiger partial charge >= 0.3 is 0 Å². The number of H-pyrrole nitrogens is 1. The van der Waals surface area contributed by atoms with Gasteiger partial charge < -0.3 is 0 Å². The zero-order chi connectivity index (χ0) is 14.7. The molecule has 5 rings (SSSR count). The van der Waals surface area contributed by atoms with E-state index < -0.39 is 0 Å². The van der Waals surface area contributed by atoms with E-state index in [2.05, 4.69) is 38.7 Å². The molecule has 6 heteroatoms. The summed E-state index contributed by atoms with van der Waals surface area (Å²) < 4.78 is 1.37. The van der Waals surface area contributed by atoms with E-state index in [1.165, 1.54) is 22.9 Å². The molecule has 0 amide bonds. The smallest absolute Gasteiger partial charge is 0.267 e. The molecule has 2 heterocycles. The summed E-state index contributed by atoms with van der Waals surface area (Å²) in [5.74, 6) is 0.341. The monoisotopic (exact) mass is 293 g/mol. The summed E-state index contributed by atoms with van der Waals surface area (Å²) in [5, 5.41) is 10.3. The maximum Gasteiger partial charge on any atom is 0.279 e. The van der Waals surface area contributed by atoms with Crippen LogP contribution in [0, 0.1) is 0 Å². The van der Waals surface area contributed by atoms with Gasteiger partial charge in [0.25, 0.3) is 11.3 Å². The molecule has 1 N–H and O–H groups in total. The molecule has 3 aromatic rings. The van der Waals surface area contributed by atoms with Gasteiger partial charge in [0, 0.05) is 11.0 Å². The van der Waals surface area contributed by atoms with E-state index in [-0.39, 0.29) is 11.0 Å². The van der Waals surface area contributed by atoms with Crippen LogP contribution in [-0.2, 0) is 11.8 Å².